The molecule has 116 valence electrons. The van der Waals surface area contributed by atoms with Gasteiger partial charge in [-0.3, -0.25) is 4.79 Å². The molecule has 0 aliphatic rings. The highest BCUT2D eigenvalue weighted by atomic mass is 16.4. The average Bonchev–Trinajstić information content (AvgIpc) is 2.38. The maximum atomic E-state index is 11.9. The van der Waals surface area contributed by atoms with Crippen LogP contribution in [0.4, 0.5) is 5.82 Å². The zero-order valence-corrected chi connectivity index (χ0v) is 13.1. The molecule has 2 N–H and O–H groups in total. The Hall–Kier alpha value is -2.11. The first kappa shape index (κ1) is 16.9. The van der Waals surface area contributed by atoms with Crippen molar-refractivity contribution in [3.05, 3.63) is 22.9 Å². The van der Waals surface area contributed by atoms with Crippen molar-refractivity contribution in [1.29, 1.82) is 0 Å². The molecule has 0 fully saturated rings. The van der Waals surface area contributed by atoms with Gasteiger partial charge in [0.15, 0.2) is 0 Å². The zero-order valence-electron chi connectivity index (χ0n) is 13.1. The first-order valence-corrected chi connectivity index (χ1v) is 7.13. The number of anilines is 1. The number of aromatic carboxylic acids is 1. The van der Waals surface area contributed by atoms with Gasteiger partial charge in [-0.1, -0.05) is 0 Å². The molecule has 0 aliphatic carbocycles. The number of carboxylic acids is 1. The van der Waals surface area contributed by atoms with E-state index in [1.54, 1.807) is 17.9 Å². The van der Waals surface area contributed by atoms with E-state index in [1.807, 2.05) is 20.8 Å². The molecule has 6 heteroatoms. The lowest BCUT2D eigenvalue weighted by atomic mass is 10.1. The first-order valence-electron chi connectivity index (χ1n) is 7.13. The number of amides is 1. The Morgan fingerprint density at radius 3 is 2.43 bits per heavy atom. The number of carbonyl (C=O) groups excluding carboxylic acids is 1. The second-order valence-corrected chi connectivity index (χ2v) is 4.85. The van der Waals surface area contributed by atoms with Gasteiger partial charge in [0.2, 0.25) is 5.91 Å². The summed E-state index contributed by atoms with van der Waals surface area (Å²) in [7, 11) is 0. The third-order valence-corrected chi connectivity index (χ3v) is 3.31. The largest absolute Gasteiger partial charge is 0.478 e. The molecule has 0 aromatic carbocycles. The molecule has 1 rings (SSSR count). The number of carbonyl (C=O) groups is 2. The third-order valence-electron chi connectivity index (χ3n) is 3.31. The zero-order chi connectivity index (χ0) is 16.0. The fourth-order valence-electron chi connectivity index (χ4n) is 2.26. The monoisotopic (exact) mass is 293 g/mol. The lowest BCUT2D eigenvalue weighted by molar-refractivity contribution is -0.130. The van der Waals surface area contributed by atoms with Crippen molar-refractivity contribution in [2.24, 2.45) is 0 Å². The Kier molecular flexibility index (Phi) is 6.14. The molecule has 0 aliphatic heterocycles. The molecule has 0 bridgehead atoms. The van der Waals surface area contributed by atoms with Crippen LogP contribution in [0.15, 0.2) is 6.07 Å². The summed E-state index contributed by atoms with van der Waals surface area (Å²) < 4.78 is 0. The highest BCUT2D eigenvalue weighted by Crippen LogP contribution is 2.18. The van der Waals surface area contributed by atoms with E-state index in [2.05, 4.69) is 10.3 Å². The van der Waals surface area contributed by atoms with Crippen molar-refractivity contribution >= 4 is 17.7 Å². The first-order chi connectivity index (χ1) is 9.90. The third kappa shape index (κ3) is 4.44. The normalized spacial score (nSPS) is 10.3. The average molecular weight is 293 g/mol. The van der Waals surface area contributed by atoms with Crippen LogP contribution >= 0.6 is 0 Å². The maximum Gasteiger partial charge on any atom is 0.339 e. The fourth-order valence-corrected chi connectivity index (χ4v) is 2.26. The number of nitrogens with one attached hydrogen (secondary N) is 1. The highest BCUT2D eigenvalue weighted by Gasteiger charge is 2.16. The Morgan fingerprint density at radius 1 is 1.29 bits per heavy atom. The van der Waals surface area contributed by atoms with E-state index in [-0.39, 0.29) is 11.5 Å². The molecule has 1 amide bonds. The molecular weight excluding hydrogens is 270 g/mol. The minimum absolute atomic E-state index is 0.0498. The predicted octanol–water partition coefficient (Wildman–Crippen LogP) is 2.07. The summed E-state index contributed by atoms with van der Waals surface area (Å²) in [4.78, 5) is 29.2. The second-order valence-electron chi connectivity index (χ2n) is 4.85. The number of aromatic nitrogens is 1. The van der Waals surface area contributed by atoms with Crippen LogP contribution in [0.3, 0.4) is 0 Å². The van der Waals surface area contributed by atoms with Gasteiger partial charge in [-0.2, -0.15) is 0 Å². The van der Waals surface area contributed by atoms with Gasteiger partial charge in [0, 0.05) is 31.7 Å². The van der Waals surface area contributed by atoms with Crippen LogP contribution in [-0.2, 0) is 4.79 Å². The number of aryl methyl sites for hydroxylation is 2. The van der Waals surface area contributed by atoms with E-state index in [9.17, 15) is 14.7 Å². The molecular formula is C15H23N3O3. The molecule has 1 aromatic rings. The highest BCUT2D eigenvalue weighted by molar-refractivity contribution is 5.94. The van der Waals surface area contributed by atoms with E-state index in [1.165, 1.54) is 0 Å². The number of pyridine rings is 1. The van der Waals surface area contributed by atoms with Crippen molar-refractivity contribution in [3.8, 4) is 0 Å². The number of hydrogen-bond acceptors (Lipinski definition) is 4. The van der Waals surface area contributed by atoms with Gasteiger partial charge >= 0.3 is 5.97 Å². The van der Waals surface area contributed by atoms with Gasteiger partial charge in [0.25, 0.3) is 0 Å². The molecule has 0 saturated carbocycles. The summed E-state index contributed by atoms with van der Waals surface area (Å²) in [6.45, 7) is 9.14. The number of hydrogen-bond donors (Lipinski definition) is 2. The standard InChI is InChI=1S/C15H23N3O3/c1-5-18(6-2)12(19)7-8-16-14-13(15(20)21)10(3)9-11(4)17-14/h9H,5-8H2,1-4H3,(H,16,17)(H,20,21). The Bertz CT molecular complexity index is 525. The topological polar surface area (TPSA) is 82.5 Å². The van der Waals surface area contributed by atoms with E-state index < -0.39 is 5.97 Å². The summed E-state index contributed by atoms with van der Waals surface area (Å²) in [6.07, 6.45) is 0.315. The van der Waals surface area contributed by atoms with E-state index in [4.69, 9.17) is 0 Å². The lowest BCUT2D eigenvalue weighted by Gasteiger charge is -2.19. The van der Waals surface area contributed by atoms with Gasteiger partial charge in [-0.15, -0.1) is 0 Å². The van der Waals surface area contributed by atoms with Gasteiger partial charge < -0.3 is 15.3 Å². The van der Waals surface area contributed by atoms with Gasteiger partial charge in [0.1, 0.15) is 11.4 Å². The molecule has 6 nitrogen and oxygen atoms in total. The van der Waals surface area contributed by atoms with Crippen LogP contribution in [0.2, 0.25) is 0 Å². The predicted molar refractivity (Wildman–Crippen MR) is 81.7 cm³/mol. The van der Waals surface area contributed by atoms with Crippen LogP contribution in [0.5, 0.6) is 0 Å². The summed E-state index contributed by atoms with van der Waals surface area (Å²) in [5.41, 5.74) is 1.57. The van der Waals surface area contributed by atoms with Crippen molar-refractivity contribution in [2.45, 2.75) is 34.1 Å². The van der Waals surface area contributed by atoms with Crippen LogP contribution < -0.4 is 5.32 Å². The minimum Gasteiger partial charge on any atom is -0.478 e. The van der Waals surface area contributed by atoms with Crippen molar-refractivity contribution in [1.82, 2.24) is 9.88 Å². The molecule has 0 unspecified atom stereocenters. The van der Waals surface area contributed by atoms with Gasteiger partial charge in [-0.05, 0) is 39.3 Å². The van der Waals surface area contributed by atoms with Crippen LogP contribution in [0.1, 0.15) is 41.9 Å². The lowest BCUT2D eigenvalue weighted by Crippen LogP contribution is -2.31. The van der Waals surface area contributed by atoms with E-state index in [0.717, 1.165) is 5.69 Å². The Morgan fingerprint density at radius 2 is 1.90 bits per heavy atom. The maximum absolute atomic E-state index is 11.9. The Labute approximate surface area is 125 Å². The number of rotatable bonds is 7. The summed E-state index contributed by atoms with van der Waals surface area (Å²) in [6, 6.07) is 1.73. The van der Waals surface area contributed by atoms with E-state index in [0.29, 0.717) is 37.4 Å². The molecule has 1 aromatic heterocycles. The summed E-state index contributed by atoms with van der Waals surface area (Å²) >= 11 is 0. The summed E-state index contributed by atoms with van der Waals surface area (Å²) in [5, 5.41) is 12.2. The van der Waals surface area contributed by atoms with Gasteiger partial charge in [0.05, 0.1) is 0 Å². The molecule has 21 heavy (non-hydrogen) atoms. The SMILES string of the molecule is CCN(CC)C(=O)CCNc1nc(C)cc(C)c1C(=O)O. The minimum atomic E-state index is -1.02. The van der Waals surface area contributed by atoms with Crippen molar-refractivity contribution in [3.63, 3.8) is 0 Å². The van der Waals surface area contributed by atoms with Gasteiger partial charge in [-0.25, -0.2) is 9.78 Å². The number of carboxylic acid groups (broad SMARTS) is 1. The van der Waals surface area contributed by atoms with Crippen LogP contribution in [0, 0.1) is 13.8 Å². The molecule has 0 atom stereocenters. The molecule has 0 radical (unpaired) electrons. The van der Waals surface area contributed by atoms with E-state index >= 15 is 0 Å². The molecule has 0 saturated heterocycles. The quantitative estimate of drug-likeness (QED) is 0.804. The van der Waals surface area contributed by atoms with Crippen LogP contribution in [0.25, 0.3) is 0 Å². The van der Waals surface area contributed by atoms with Crippen molar-refractivity contribution < 1.29 is 14.7 Å². The smallest absolute Gasteiger partial charge is 0.339 e. The number of nitrogens with zero attached hydrogens (tertiary/aromatic N) is 2. The Balaban J connectivity index is 2.76. The summed E-state index contributed by atoms with van der Waals surface area (Å²) in [5.74, 6) is -0.640. The van der Waals surface area contributed by atoms with Crippen LogP contribution in [-0.4, -0.2) is 46.5 Å². The fraction of sp³-hybridized carbons (Fsp3) is 0.533. The molecule has 1 heterocycles. The molecule has 0 spiro atoms. The van der Waals surface area contributed by atoms with Crippen molar-refractivity contribution in [2.75, 3.05) is 25.0 Å². The second kappa shape index (κ2) is 7.61.